The monoisotopic (exact) mass is 720 g/mol. The lowest BCUT2D eigenvalue weighted by molar-refractivity contribution is -0.141. The van der Waals surface area contributed by atoms with E-state index in [0.29, 0.717) is 56.6 Å². The van der Waals surface area contributed by atoms with Gasteiger partial charge >= 0.3 is 11.9 Å². The first-order valence-corrected chi connectivity index (χ1v) is 17.0. The van der Waals surface area contributed by atoms with Gasteiger partial charge in [-0.3, -0.25) is 13.9 Å². The Kier molecular flexibility index (Phi) is 9.15. The second kappa shape index (κ2) is 13.4. The van der Waals surface area contributed by atoms with E-state index in [0.717, 1.165) is 59.2 Å². The van der Waals surface area contributed by atoms with Crippen molar-refractivity contribution in [3.8, 4) is 28.3 Å². The molecule has 5 aromatic rings. The Morgan fingerprint density at radius 2 is 1.67 bits per heavy atom. The first kappa shape index (κ1) is 34.7. The van der Waals surface area contributed by atoms with Crippen molar-refractivity contribution < 1.29 is 22.6 Å². The molecule has 0 bridgehead atoms. The molecule has 2 aliphatic rings. The molecule has 0 radical (unpaired) electrons. The number of hydrogen-bond donors (Lipinski definition) is 2. The highest BCUT2D eigenvalue weighted by Crippen LogP contribution is 2.44. The van der Waals surface area contributed by atoms with Crippen LogP contribution in [0.15, 0.2) is 58.1 Å². The number of methoxy groups -OCH3 is 1. The summed E-state index contributed by atoms with van der Waals surface area (Å²) in [6.45, 7) is 3.30. The molecule has 0 amide bonds. The van der Waals surface area contributed by atoms with Crippen LogP contribution in [0.3, 0.4) is 0 Å². The zero-order chi connectivity index (χ0) is 36.2. The van der Waals surface area contributed by atoms with Gasteiger partial charge in [-0.25, -0.2) is 14.8 Å². The van der Waals surface area contributed by atoms with Crippen molar-refractivity contribution in [1.29, 1.82) is 0 Å². The molecular formula is C37H36ClF3N6O4. The predicted octanol–water partition coefficient (Wildman–Crippen LogP) is 6.85. The number of benzene rings is 2. The third-order valence-electron chi connectivity index (χ3n) is 9.91. The molecule has 1 aliphatic carbocycles. The number of aromatic nitrogens is 4. The van der Waals surface area contributed by atoms with E-state index < -0.39 is 23.1 Å². The maximum atomic E-state index is 14.0. The quantitative estimate of drug-likeness (QED) is 0.188. The largest absolute Gasteiger partial charge is 0.481 e. The number of hydrogen-bond acceptors (Lipinski definition) is 8. The molecule has 14 heteroatoms. The Bertz CT molecular complexity index is 2300. The Balaban J connectivity index is 1.27. The van der Waals surface area contributed by atoms with Crippen molar-refractivity contribution in [2.24, 2.45) is 14.1 Å². The minimum absolute atomic E-state index is 0.132. The van der Waals surface area contributed by atoms with E-state index in [1.54, 1.807) is 26.2 Å². The molecule has 4 heterocycles. The third kappa shape index (κ3) is 6.27. The number of rotatable bonds is 7. The van der Waals surface area contributed by atoms with E-state index in [2.05, 4.69) is 21.7 Å². The first-order chi connectivity index (χ1) is 24.4. The number of pyridine rings is 2. The highest BCUT2D eigenvalue weighted by atomic mass is 35.5. The summed E-state index contributed by atoms with van der Waals surface area (Å²) in [6.07, 6.45) is -1.11. The topological polar surface area (TPSA) is 112 Å². The van der Waals surface area contributed by atoms with Crippen LogP contribution >= 0.6 is 11.6 Å². The number of aryl methyl sites for hydroxylation is 2. The van der Waals surface area contributed by atoms with Gasteiger partial charge in [0.05, 0.1) is 23.3 Å². The molecule has 0 spiro atoms. The Labute approximate surface area is 296 Å². The van der Waals surface area contributed by atoms with Crippen molar-refractivity contribution in [2.75, 3.05) is 25.6 Å². The van der Waals surface area contributed by atoms with Gasteiger partial charge in [0.2, 0.25) is 5.88 Å². The lowest BCUT2D eigenvalue weighted by Crippen LogP contribution is -2.37. The van der Waals surface area contributed by atoms with Crippen LogP contribution in [0.25, 0.3) is 33.3 Å². The van der Waals surface area contributed by atoms with Crippen molar-refractivity contribution in [3.05, 3.63) is 96.8 Å². The number of halogens is 4. The van der Waals surface area contributed by atoms with Gasteiger partial charge in [-0.1, -0.05) is 41.9 Å². The van der Waals surface area contributed by atoms with Gasteiger partial charge in [-0.2, -0.15) is 13.2 Å². The molecule has 1 fully saturated rings. The molecule has 7 rings (SSSR count). The van der Waals surface area contributed by atoms with Crippen LogP contribution in [-0.4, -0.2) is 45.5 Å². The molecule has 10 nitrogen and oxygen atoms in total. The van der Waals surface area contributed by atoms with Crippen LogP contribution in [-0.2, 0) is 31.4 Å². The lowest BCUT2D eigenvalue weighted by atomic mass is 9.96. The average molecular weight is 721 g/mol. The number of fused-ring (bicyclic) bond motifs is 2. The molecule has 1 aliphatic heterocycles. The normalized spacial score (nSPS) is 16.4. The van der Waals surface area contributed by atoms with Gasteiger partial charge in [0.25, 0.3) is 5.56 Å². The summed E-state index contributed by atoms with van der Waals surface area (Å²) >= 11 is 7.15. The summed E-state index contributed by atoms with van der Waals surface area (Å²) in [7, 11) is 4.19. The second-order valence-corrected chi connectivity index (χ2v) is 13.3. The minimum Gasteiger partial charge on any atom is -0.481 e. The van der Waals surface area contributed by atoms with Gasteiger partial charge in [-0.15, -0.1) is 0 Å². The SMILES string of the molecule is COc1nc(-c2cccc(-c3cccc(Nc4nc(C(F)(F)F)cc5c4c(=O)n(C)c(=O)n5C)c3C)c2Cl)cc2c1C(NC1CCOCC1)CC2. The fourth-order valence-corrected chi connectivity index (χ4v) is 7.49. The molecule has 0 saturated carbocycles. The molecule has 1 atom stereocenters. The van der Waals surface area contributed by atoms with E-state index in [1.165, 1.54) is 14.1 Å². The van der Waals surface area contributed by atoms with Crippen LogP contribution < -0.4 is 26.6 Å². The predicted molar refractivity (Wildman–Crippen MR) is 190 cm³/mol. The number of alkyl halides is 3. The fourth-order valence-electron chi connectivity index (χ4n) is 7.17. The standard InChI is InChI=1S/C37H36ClF3N6O4/c1-19-22(7-6-10-25(19)43-33-31-28(18-29(45-33)37(39,40)41)46(2)36(49)47(3)35(31)48)23-8-5-9-24(32(23)38)27-17-20-11-12-26(30(20)34(44-27)50-4)42-21-13-15-51-16-14-21/h5-10,17-18,21,26,42H,11-16H2,1-4H3,(H,43,45). The van der Waals surface area contributed by atoms with Gasteiger partial charge in [0.15, 0.2) is 0 Å². The fraction of sp³-hybridized carbons (Fsp3) is 0.351. The van der Waals surface area contributed by atoms with Crippen molar-refractivity contribution >= 4 is 34.0 Å². The second-order valence-electron chi connectivity index (χ2n) is 13.0. The number of nitrogens with zero attached hydrogens (tertiary/aromatic N) is 4. The Morgan fingerprint density at radius 3 is 2.39 bits per heavy atom. The number of nitrogens with one attached hydrogen (secondary N) is 2. The maximum absolute atomic E-state index is 14.0. The summed E-state index contributed by atoms with van der Waals surface area (Å²) < 4.78 is 55.1. The minimum atomic E-state index is -4.83. The summed E-state index contributed by atoms with van der Waals surface area (Å²) in [6, 6.07) is 14.2. The molecule has 2 aromatic carbocycles. The molecular weight excluding hydrogens is 685 g/mol. The van der Waals surface area contributed by atoms with Crippen molar-refractivity contribution in [3.63, 3.8) is 0 Å². The molecule has 266 valence electrons. The zero-order valence-electron chi connectivity index (χ0n) is 28.4. The van der Waals surface area contributed by atoms with Crippen molar-refractivity contribution in [1.82, 2.24) is 24.4 Å². The number of anilines is 2. The van der Waals surface area contributed by atoms with Crippen molar-refractivity contribution in [2.45, 2.75) is 50.9 Å². The van der Waals surface area contributed by atoms with Crippen LogP contribution in [0.4, 0.5) is 24.7 Å². The van der Waals surface area contributed by atoms with Gasteiger partial charge in [-0.05, 0) is 67.5 Å². The van der Waals surface area contributed by atoms with E-state index >= 15 is 0 Å². The summed E-state index contributed by atoms with van der Waals surface area (Å²) in [5.74, 6) is 0.230. The molecule has 3 aromatic heterocycles. The summed E-state index contributed by atoms with van der Waals surface area (Å²) in [4.78, 5) is 34.6. The summed E-state index contributed by atoms with van der Waals surface area (Å²) in [5, 5.41) is 7.04. The van der Waals surface area contributed by atoms with Gasteiger partial charge < -0.3 is 20.1 Å². The summed E-state index contributed by atoms with van der Waals surface area (Å²) in [5.41, 5.74) is 3.04. The molecule has 2 N–H and O–H groups in total. The average Bonchev–Trinajstić information content (AvgIpc) is 3.52. The molecule has 1 unspecified atom stereocenters. The maximum Gasteiger partial charge on any atom is 0.433 e. The van der Waals surface area contributed by atoms with E-state index in [9.17, 15) is 22.8 Å². The van der Waals surface area contributed by atoms with Gasteiger partial charge in [0.1, 0.15) is 16.9 Å². The zero-order valence-corrected chi connectivity index (χ0v) is 29.2. The number of ether oxygens (including phenoxy) is 2. The van der Waals surface area contributed by atoms with E-state index in [4.69, 9.17) is 26.1 Å². The Hall–Kier alpha value is -4.72. The first-order valence-electron chi connectivity index (χ1n) is 16.6. The van der Waals surface area contributed by atoms with Crippen LogP contribution in [0.1, 0.15) is 47.7 Å². The van der Waals surface area contributed by atoms with Gasteiger partial charge in [0, 0.05) is 61.8 Å². The molecule has 51 heavy (non-hydrogen) atoms. The van der Waals surface area contributed by atoms with E-state index in [1.807, 2.05) is 24.3 Å². The van der Waals surface area contributed by atoms with E-state index in [-0.39, 0.29) is 22.8 Å². The smallest absolute Gasteiger partial charge is 0.433 e. The Morgan fingerprint density at radius 1 is 0.961 bits per heavy atom. The highest BCUT2D eigenvalue weighted by Gasteiger charge is 2.35. The van der Waals surface area contributed by atoms with Crippen LogP contribution in [0.5, 0.6) is 5.88 Å². The van der Waals surface area contributed by atoms with Crippen LogP contribution in [0.2, 0.25) is 5.02 Å². The third-order valence-corrected chi connectivity index (χ3v) is 10.3. The highest BCUT2D eigenvalue weighted by molar-refractivity contribution is 6.36. The lowest BCUT2D eigenvalue weighted by Gasteiger charge is -2.27. The van der Waals surface area contributed by atoms with Crippen LogP contribution in [0, 0.1) is 6.92 Å². The molecule has 1 saturated heterocycles.